The number of hydrogen-bond acceptors (Lipinski definition) is 5. The third-order valence-corrected chi connectivity index (χ3v) is 4.28. The maximum absolute atomic E-state index is 12.5. The zero-order chi connectivity index (χ0) is 21.0. The van der Waals surface area contributed by atoms with Crippen LogP contribution in [-0.4, -0.2) is 21.8 Å². The fraction of sp³-hybridized carbons (Fsp3) is 0.182. The van der Waals surface area contributed by atoms with Crippen molar-refractivity contribution >= 4 is 34.7 Å². The number of carbonyl (C=O) groups excluding carboxylic acids is 2. The Labute approximate surface area is 169 Å². The van der Waals surface area contributed by atoms with Gasteiger partial charge in [-0.2, -0.15) is 0 Å². The number of carbonyl (C=O) groups is 2. The molecular formula is C22H23N5O2. The molecule has 2 aromatic carbocycles. The molecule has 2 amide bonds. The van der Waals surface area contributed by atoms with E-state index in [0.717, 1.165) is 28.1 Å². The molecule has 0 fully saturated rings. The molecular weight excluding hydrogens is 366 g/mol. The maximum atomic E-state index is 12.5. The Hall–Kier alpha value is -3.74. The number of nitrogens with zero attached hydrogens (tertiary/aromatic N) is 2. The Kier molecular flexibility index (Phi) is 5.87. The highest BCUT2D eigenvalue weighted by Crippen LogP contribution is 2.22. The van der Waals surface area contributed by atoms with Crippen molar-refractivity contribution in [2.45, 2.75) is 27.7 Å². The molecule has 0 bridgehead atoms. The van der Waals surface area contributed by atoms with Crippen LogP contribution in [0.2, 0.25) is 0 Å². The molecule has 0 atom stereocenters. The molecule has 7 heteroatoms. The van der Waals surface area contributed by atoms with Gasteiger partial charge in [0.15, 0.2) is 0 Å². The summed E-state index contributed by atoms with van der Waals surface area (Å²) in [5.41, 5.74) is 5.69. The van der Waals surface area contributed by atoms with Crippen LogP contribution >= 0.6 is 0 Å². The van der Waals surface area contributed by atoms with Crippen LogP contribution in [0.5, 0.6) is 0 Å². The Morgan fingerprint density at radius 3 is 2.00 bits per heavy atom. The molecule has 148 valence electrons. The maximum Gasteiger partial charge on any atom is 0.275 e. The minimum Gasteiger partial charge on any atom is -0.339 e. The summed E-state index contributed by atoms with van der Waals surface area (Å²) in [6.07, 6.45) is 2.94. The summed E-state index contributed by atoms with van der Waals surface area (Å²) in [5.74, 6) is 0.0803. The molecule has 0 unspecified atom stereocenters. The van der Waals surface area contributed by atoms with Gasteiger partial charge in [0.05, 0.1) is 12.4 Å². The van der Waals surface area contributed by atoms with E-state index in [4.69, 9.17) is 0 Å². The number of benzene rings is 2. The van der Waals surface area contributed by atoms with E-state index >= 15 is 0 Å². The van der Waals surface area contributed by atoms with Gasteiger partial charge in [0.25, 0.3) is 5.91 Å². The lowest BCUT2D eigenvalue weighted by atomic mass is 10.1. The lowest BCUT2D eigenvalue weighted by Crippen LogP contribution is -2.16. The van der Waals surface area contributed by atoms with Crippen LogP contribution in [0.1, 0.15) is 34.1 Å². The van der Waals surface area contributed by atoms with E-state index in [1.54, 1.807) is 12.1 Å². The normalized spacial score (nSPS) is 10.3. The average molecular weight is 389 g/mol. The number of aromatic nitrogens is 2. The van der Waals surface area contributed by atoms with Gasteiger partial charge >= 0.3 is 0 Å². The minimum atomic E-state index is -0.307. The highest BCUT2D eigenvalue weighted by molar-refractivity contribution is 6.03. The second-order valence-corrected chi connectivity index (χ2v) is 6.90. The topological polar surface area (TPSA) is 96.0 Å². The van der Waals surface area contributed by atoms with E-state index in [0.29, 0.717) is 11.5 Å². The van der Waals surface area contributed by atoms with Gasteiger partial charge in [-0.1, -0.05) is 17.7 Å². The van der Waals surface area contributed by atoms with E-state index in [-0.39, 0.29) is 17.5 Å². The van der Waals surface area contributed by atoms with Gasteiger partial charge in [0.1, 0.15) is 11.5 Å². The SMILES string of the molecule is CC(=O)Nc1ccc(Nc2cnc(C(=O)Nc3c(C)cc(C)cc3C)cn2)cc1. The number of hydrogen-bond donors (Lipinski definition) is 3. The Morgan fingerprint density at radius 1 is 0.828 bits per heavy atom. The smallest absolute Gasteiger partial charge is 0.275 e. The number of anilines is 4. The minimum absolute atomic E-state index is 0.124. The molecule has 0 radical (unpaired) electrons. The summed E-state index contributed by atoms with van der Waals surface area (Å²) in [6, 6.07) is 11.3. The van der Waals surface area contributed by atoms with E-state index in [9.17, 15) is 9.59 Å². The monoisotopic (exact) mass is 389 g/mol. The number of amides is 2. The summed E-state index contributed by atoms with van der Waals surface area (Å²) >= 11 is 0. The van der Waals surface area contributed by atoms with Gasteiger partial charge in [-0.15, -0.1) is 0 Å². The predicted octanol–water partition coefficient (Wildman–Crippen LogP) is 4.36. The molecule has 0 aliphatic carbocycles. The van der Waals surface area contributed by atoms with E-state index in [2.05, 4.69) is 25.9 Å². The van der Waals surface area contributed by atoms with Crippen LogP contribution < -0.4 is 16.0 Å². The van der Waals surface area contributed by atoms with Crippen LogP contribution in [0.15, 0.2) is 48.8 Å². The Bertz CT molecular complexity index is 1020. The molecule has 0 aliphatic rings. The standard InChI is InChI=1S/C22H23N5O2/c1-13-9-14(2)21(15(3)10-13)27-22(29)19-11-24-20(12-23-19)26-18-7-5-17(6-8-18)25-16(4)28/h5-12H,1-4H3,(H,24,26)(H,25,28)(H,27,29). The van der Waals surface area contributed by atoms with Gasteiger partial charge in [-0.3, -0.25) is 9.59 Å². The van der Waals surface area contributed by atoms with Crippen LogP contribution in [0, 0.1) is 20.8 Å². The summed E-state index contributed by atoms with van der Waals surface area (Å²) in [6.45, 7) is 7.41. The van der Waals surface area contributed by atoms with Gasteiger partial charge < -0.3 is 16.0 Å². The molecule has 0 saturated heterocycles. The van der Waals surface area contributed by atoms with Crippen LogP contribution in [0.25, 0.3) is 0 Å². The largest absolute Gasteiger partial charge is 0.339 e. The number of rotatable bonds is 5. The van der Waals surface area contributed by atoms with Crippen molar-refractivity contribution in [3.05, 3.63) is 71.2 Å². The molecule has 1 aromatic heterocycles. The Balaban J connectivity index is 1.67. The summed E-state index contributed by atoms with van der Waals surface area (Å²) in [5, 5.41) is 8.73. The zero-order valence-electron chi connectivity index (χ0n) is 16.8. The molecule has 3 aromatic rings. The van der Waals surface area contributed by atoms with Crippen LogP contribution in [0.3, 0.4) is 0 Å². The van der Waals surface area contributed by atoms with Gasteiger partial charge in [0, 0.05) is 24.0 Å². The third-order valence-electron chi connectivity index (χ3n) is 4.28. The summed E-state index contributed by atoms with van der Waals surface area (Å²) in [4.78, 5) is 32.1. The fourth-order valence-electron chi connectivity index (χ4n) is 3.05. The molecule has 7 nitrogen and oxygen atoms in total. The van der Waals surface area contributed by atoms with E-state index in [1.807, 2.05) is 45.0 Å². The predicted molar refractivity (Wildman–Crippen MR) is 115 cm³/mol. The lowest BCUT2D eigenvalue weighted by molar-refractivity contribution is -0.114. The third kappa shape index (κ3) is 5.16. The highest BCUT2D eigenvalue weighted by Gasteiger charge is 2.12. The van der Waals surface area contributed by atoms with Crippen LogP contribution in [0.4, 0.5) is 22.9 Å². The molecule has 3 N–H and O–H groups in total. The van der Waals surface area contributed by atoms with Crippen LogP contribution in [-0.2, 0) is 4.79 Å². The second-order valence-electron chi connectivity index (χ2n) is 6.90. The lowest BCUT2D eigenvalue weighted by Gasteiger charge is -2.12. The Morgan fingerprint density at radius 2 is 1.45 bits per heavy atom. The van der Waals surface area contributed by atoms with Gasteiger partial charge in [-0.25, -0.2) is 9.97 Å². The van der Waals surface area contributed by atoms with Crippen molar-refractivity contribution in [3.8, 4) is 0 Å². The fourth-order valence-corrected chi connectivity index (χ4v) is 3.05. The second kappa shape index (κ2) is 8.52. The summed E-state index contributed by atoms with van der Waals surface area (Å²) in [7, 11) is 0. The van der Waals surface area contributed by atoms with Gasteiger partial charge in [-0.05, 0) is 56.2 Å². The van der Waals surface area contributed by atoms with E-state index < -0.39 is 0 Å². The van der Waals surface area contributed by atoms with Crippen molar-refractivity contribution in [2.24, 2.45) is 0 Å². The zero-order valence-corrected chi connectivity index (χ0v) is 16.8. The quantitative estimate of drug-likeness (QED) is 0.603. The first-order chi connectivity index (χ1) is 13.8. The first-order valence-corrected chi connectivity index (χ1v) is 9.18. The van der Waals surface area contributed by atoms with Crippen molar-refractivity contribution in [1.82, 2.24) is 9.97 Å². The summed E-state index contributed by atoms with van der Waals surface area (Å²) < 4.78 is 0. The first kappa shape index (κ1) is 20.0. The van der Waals surface area contributed by atoms with Crippen molar-refractivity contribution in [1.29, 1.82) is 0 Å². The number of aryl methyl sites for hydroxylation is 3. The molecule has 0 aliphatic heterocycles. The first-order valence-electron chi connectivity index (χ1n) is 9.18. The van der Waals surface area contributed by atoms with E-state index in [1.165, 1.54) is 19.3 Å². The molecule has 0 spiro atoms. The van der Waals surface area contributed by atoms with Gasteiger partial charge in [0.2, 0.25) is 5.91 Å². The number of nitrogens with one attached hydrogen (secondary N) is 3. The molecule has 3 rings (SSSR count). The van der Waals surface area contributed by atoms with Crippen molar-refractivity contribution < 1.29 is 9.59 Å². The average Bonchev–Trinajstić information content (AvgIpc) is 2.66. The molecule has 1 heterocycles. The molecule has 0 saturated carbocycles. The molecule has 29 heavy (non-hydrogen) atoms. The van der Waals surface area contributed by atoms with Crippen molar-refractivity contribution in [3.63, 3.8) is 0 Å². The van der Waals surface area contributed by atoms with Crippen molar-refractivity contribution in [2.75, 3.05) is 16.0 Å². The highest BCUT2D eigenvalue weighted by atomic mass is 16.2.